The number of nitrogens with zero attached hydrogens (tertiary/aromatic N) is 2. The van der Waals surface area contributed by atoms with Crippen molar-refractivity contribution in [2.24, 2.45) is 0 Å². The van der Waals surface area contributed by atoms with Crippen LogP contribution in [-0.2, 0) is 10.8 Å². The number of aromatic hydroxyl groups is 1. The molecule has 1 aromatic carbocycles. The molecule has 0 spiro atoms. The molecule has 3 rings (SSSR count). The fourth-order valence-corrected chi connectivity index (χ4v) is 3.17. The largest absolute Gasteiger partial charge is 0.507 e. The zero-order chi connectivity index (χ0) is 19.8. The summed E-state index contributed by atoms with van der Waals surface area (Å²) in [6.45, 7) is 12.8. The van der Waals surface area contributed by atoms with E-state index in [0.29, 0.717) is 5.75 Å². The second kappa shape index (κ2) is 6.80. The topological polar surface area (TPSA) is 46.0 Å². The molecule has 27 heavy (non-hydrogen) atoms. The van der Waals surface area contributed by atoms with Crippen molar-refractivity contribution in [3.05, 3.63) is 66.0 Å². The van der Waals surface area contributed by atoms with Crippen LogP contribution in [0.1, 0.15) is 52.7 Å². The lowest BCUT2D eigenvalue weighted by Crippen LogP contribution is -2.17. The average Bonchev–Trinajstić information content (AvgIpc) is 2.61. The van der Waals surface area contributed by atoms with E-state index >= 15 is 0 Å². The van der Waals surface area contributed by atoms with Crippen LogP contribution >= 0.6 is 0 Å². The molecule has 0 bridgehead atoms. The van der Waals surface area contributed by atoms with Crippen LogP contribution in [0, 0.1) is 0 Å². The van der Waals surface area contributed by atoms with E-state index in [-0.39, 0.29) is 10.8 Å². The zero-order valence-corrected chi connectivity index (χ0v) is 17.0. The molecule has 0 saturated heterocycles. The molecule has 2 aromatic heterocycles. The number of phenolic OH excluding ortho intramolecular Hbond substituents is 1. The van der Waals surface area contributed by atoms with E-state index in [1.807, 2.05) is 30.5 Å². The van der Waals surface area contributed by atoms with Gasteiger partial charge in [0.2, 0.25) is 0 Å². The first-order valence-corrected chi connectivity index (χ1v) is 9.33. The molecule has 3 heteroatoms. The summed E-state index contributed by atoms with van der Waals surface area (Å²) in [5.74, 6) is 0.400. The van der Waals surface area contributed by atoms with Crippen LogP contribution in [0.15, 0.2) is 54.9 Å². The molecule has 0 aliphatic heterocycles. The van der Waals surface area contributed by atoms with Gasteiger partial charge < -0.3 is 5.11 Å². The van der Waals surface area contributed by atoms with E-state index < -0.39 is 0 Å². The van der Waals surface area contributed by atoms with Crippen LogP contribution in [0.4, 0.5) is 0 Å². The van der Waals surface area contributed by atoms with E-state index in [1.165, 1.54) is 0 Å². The highest BCUT2D eigenvalue weighted by Gasteiger charge is 2.26. The van der Waals surface area contributed by atoms with Gasteiger partial charge in [0.15, 0.2) is 0 Å². The number of pyridine rings is 2. The highest BCUT2D eigenvalue weighted by Crippen LogP contribution is 2.41. The second-order valence-corrected chi connectivity index (χ2v) is 9.07. The van der Waals surface area contributed by atoms with Crippen molar-refractivity contribution < 1.29 is 5.11 Å². The maximum atomic E-state index is 10.9. The molecule has 0 amide bonds. The van der Waals surface area contributed by atoms with Gasteiger partial charge in [-0.3, -0.25) is 9.97 Å². The summed E-state index contributed by atoms with van der Waals surface area (Å²) in [6, 6.07) is 14.1. The predicted octanol–water partition coefficient (Wildman–Crippen LogP) is 6.11. The highest BCUT2D eigenvalue weighted by molar-refractivity contribution is 5.70. The molecular weight excluding hydrogens is 332 g/mol. The first kappa shape index (κ1) is 19.1. The Bertz CT molecular complexity index is 896. The third-order valence-electron chi connectivity index (χ3n) is 4.75. The van der Waals surface area contributed by atoms with Gasteiger partial charge in [-0.1, -0.05) is 53.7 Å². The Morgan fingerprint density at radius 1 is 0.704 bits per heavy atom. The Balaban J connectivity index is 2.11. The van der Waals surface area contributed by atoms with Gasteiger partial charge >= 0.3 is 0 Å². The normalized spacial score (nSPS) is 12.2. The monoisotopic (exact) mass is 360 g/mol. The van der Waals surface area contributed by atoms with Crippen molar-refractivity contribution in [1.29, 1.82) is 0 Å². The van der Waals surface area contributed by atoms with E-state index in [0.717, 1.165) is 33.6 Å². The maximum Gasteiger partial charge on any atom is 0.123 e. The summed E-state index contributed by atoms with van der Waals surface area (Å²) < 4.78 is 0. The molecule has 3 nitrogen and oxygen atoms in total. The molecule has 0 fully saturated rings. The van der Waals surface area contributed by atoms with Crippen molar-refractivity contribution in [1.82, 2.24) is 9.97 Å². The molecule has 0 aliphatic carbocycles. The molecule has 2 heterocycles. The van der Waals surface area contributed by atoms with Crippen molar-refractivity contribution >= 4 is 0 Å². The third kappa shape index (κ3) is 4.02. The third-order valence-corrected chi connectivity index (χ3v) is 4.75. The van der Waals surface area contributed by atoms with Crippen molar-refractivity contribution in [3.8, 4) is 28.3 Å². The fraction of sp³-hybridized carbons (Fsp3) is 0.333. The lowest BCUT2D eigenvalue weighted by atomic mass is 9.78. The second-order valence-electron chi connectivity index (χ2n) is 9.07. The maximum absolute atomic E-state index is 10.9. The molecule has 3 aromatic rings. The summed E-state index contributed by atoms with van der Waals surface area (Å²) in [7, 11) is 0. The predicted molar refractivity (Wildman–Crippen MR) is 112 cm³/mol. The van der Waals surface area contributed by atoms with Crippen LogP contribution in [0.3, 0.4) is 0 Å². The molecule has 1 N–H and O–H groups in total. The number of benzene rings is 1. The summed E-state index contributed by atoms with van der Waals surface area (Å²) >= 11 is 0. The standard InChI is InChI=1S/C24H28N2O/c1-23(2,3)18-13-17(14-19(22(18)27)24(4,5)6)16-10-11-21(26-15-16)20-9-7-8-12-25-20/h7-15,27H,1-6H3. The van der Waals surface area contributed by atoms with Gasteiger partial charge in [-0.15, -0.1) is 0 Å². The first-order valence-electron chi connectivity index (χ1n) is 9.33. The molecule has 0 radical (unpaired) electrons. The lowest BCUT2D eigenvalue weighted by Gasteiger charge is -2.28. The van der Waals surface area contributed by atoms with E-state index in [9.17, 15) is 5.11 Å². The Hall–Kier alpha value is -2.68. The van der Waals surface area contributed by atoms with Gasteiger partial charge in [-0.2, -0.15) is 0 Å². The summed E-state index contributed by atoms with van der Waals surface area (Å²) in [6.07, 6.45) is 3.66. The van der Waals surface area contributed by atoms with E-state index in [1.54, 1.807) is 6.20 Å². The lowest BCUT2D eigenvalue weighted by molar-refractivity contribution is 0.423. The van der Waals surface area contributed by atoms with E-state index in [4.69, 9.17) is 0 Å². The number of aromatic nitrogens is 2. The van der Waals surface area contributed by atoms with Crippen LogP contribution in [-0.4, -0.2) is 15.1 Å². The van der Waals surface area contributed by atoms with Gasteiger partial charge in [0, 0.05) is 29.1 Å². The minimum Gasteiger partial charge on any atom is -0.507 e. The van der Waals surface area contributed by atoms with Crippen molar-refractivity contribution in [2.75, 3.05) is 0 Å². The van der Waals surface area contributed by atoms with Crippen LogP contribution in [0.5, 0.6) is 5.75 Å². The number of hydrogen-bond acceptors (Lipinski definition) is 3. The zero-order valence-electron chi connectivity index (χ0n) is 17.0. The summed E-state index contributed by atoms with van der Waals surface area (Å²) in [5.41, 5.74) is 5.43. The number of hydrogen-bond donors (Lipinski definition) is 1. The highest BCUT2D eigenvalue weighted by atomic mass is 16.3. The van der Waals surface area contributed by atoms with Crippen LogP contribution in [0.25, 0.3) is 22.5 Å². The SMILES string of the molecule is CC(C)(C)c1cc(-c2ccc(-c3ccccn3)nc2)cc(C(C)(C)C)c1O. The smallest absolute Gasteiger partial charge is 0.123 e. The van der Waals surface area contributed by atoms with Gasteiger partial charge in [0.05, 0.1) is 11.4 Å². The molecule has 0 saturated carbocycles. The Kier molecular flexibility index (Phi) is 4.81. The van der Waals surface area contributed by atoms with Gasteiger partial charge in [0.25, 0.3) is 0 Å². The van der Waals surface area contributed by atoms with Gasteiger partial charge in [-0.25, -0.2) is 0 Å². The minimum absolute atomic E-state index is 0.151. The fourth-order valence-electron chi connectivity index (χ4n) is 3.17. The number of phenols is 1. The summed E-state index contributed by atoms with van der Waals surface area (Å²) in [4.78, 5) is 8.97. The molecule has 0 unspecified atom stereocenters. The molecular formula is C24H28N2O. The average molecular weight is 361 g/mol. The molecule has 140 valence electrons. The Morgan fingerprint density at radius 3 is 1.74 bits per heavy atom. The quantitative estimate of drug-likeness (QED) is 0.599. The van der Waals surface area contributed by atoms with Crippen molar-refractivity contribution in [2.45, 2.75) is 52.4 Å². The summed E-state index contributed by atoms with van der Waals surface area (Å²) in [5, 5.41) is 10.9. The van der Waals surface area contributed by atoms with Gasteiger partial charge in [-0.05, 0) is 46.7 Å². The molecule has 0 atom stereocenters. The number of rotatable bonds is 2. The van der Waals surface area contributed by atoms with Crippen LogP contribution in [0.2, 0.25) is 0 Å². The Labute approximate surface area is 162 Å². The van der Waals surface area contributed by atoms with Crippen molar-refractivity contribution in [3.63, 3.8) is 0 Å². The first-order chi connectivity index (χ1) is 12.6. The van der Waals surface area contributed by atoms with Crippen LogP contribution < -0.4 is 0 Å². The molecule has 0 aliphatic rings. The van der Waals surface area contributed by atoms with E-state index in [2.05, 4.69) is 69.7 Å². The minimum atomic E-state index is -0.151. The Morgan fingerprint density at radius 2 is 1.30 bits per heavy atom. The van der Waals surface area contributed by atoms with Gasteiger partial charge in [0.1, 0.15) is 5.75 Å².